The van der Waals surface area contributed by atoms with Gasteiger partial charge in [-0.05, 0) is 48.5 Å². The van der Waals surface area contributed by atoms with Crippen LogP contribution in [0.2, 0.25) is 0 Å². The van der Waals surface area contributed by atoms with Gasteiger partial charge in [-0.25, -0.2) is 4.98 Å². The molecule has 0 aliphatic heterocycles. The van der Waals surface area contributed by atoms with Crippen LogP contribution in [0.1, 0.15) is 0 Å². The number of alkyl halides is 2. The summed E-state index contributed by atoms with van der Waals surface area (Å²) in [5.41, 5.74) is 1.39. The Morgan fingerprint density at radius 3 is 2.54 bits per heavy atom. The molecule has 2 N–H and O–H groups in total. The third kappa shape index (κ3) is 5.70. The molecule has 6 nitrogen and oxygen atoms in total. The minimum Gasteiger partial charge on any atom is -0.497 e. The number of thioether (sulfide) groups is 2. The Hall–Kier alpha value is -2.59. The van der Waals surface area contributed by atoms with Crippen LogP contribution in [0.4, 0.5) is 14.5 Å². The van der Waals surface area contributed by atoms with E-state index in [4.69, 9.17) is 4.74 Å². The Morgan fingerprint density at radius 2 is 1.89 bits per heavy atom. The molecule has 146 valence electrons. The largest absolute Gasteiger partial charge is 0.497 e. The second kappa shape index (κ2) is 9.56. The number of aromatic nitrogens is 3. The number of H-pyrrole nitrogens is 1. The van der Waals surface area contributed by atoms with Crippen molar-refractivity contribution in [3.63, 3.8) is 0 Å². The van der Waals surface area contributed by atoms with Gasteiger partial charge in [0, 0.05) is 16.1 Å². The van der Waals surface area contributed by atoms with E-state index in [0.29, 0.717) is 33.3 Å². The fourth-order valence-electron chi connectivity index (χ4n) is 2.24. The van der Waals surface area contributed by atoms with Crippen molar-refractivity contribution in [2.45, 2.75) is 15.8 Å². The molecule has 3 rings (SSSR count). The normalized spacial score (nSPS) is 10.9. The highest BCUT2D eigenvalue weighted by Gasteiger charge is 2.10. The number of aromatic amines is 1. The third-order valence-electron chi connectivity index (χ3n) is 3.52. The topological polar surface area (TPSA) is 79.9 Å². The van der Waals surface area contributed by atoms with Crippen LogP contribution in [0.5, 0.6) is 5.75 Å². The van der Waals surface area contributed by atoms with Crippen LogP contribution in [0.25, 0.3) is 11.4 Å². The van der Waals surface area contributed by atoms with E-state index in [2.05, 4.69) is 20.5 Å². The van der Waals surface area contributed by atoms with Crippen LogP contribution < -0.4 is 10.1 Å². The molecule has 1 aromatic heterocycles. The Bertz CT molecular complexity index is 918. The van der Waals surface area contributed by atoms with Crippen LogP contribution in [-0.4, -0.2) is 39.7 Å². The number of amides is 1. The Morgan fingerprint density at radius 1 is 1.18 bits per heavy atom. The van der Waals surface area contributed by atoms with Crippen molar-refractivity contribution < 1.29 is 18.3 Å². The molecule has 0 atom stereocenters. The predicted molar refractivity (Wildman–Crippen MR) is 106 cm³/mol. The maximum Gasteiger partial charge on any atom is 0.288 e. The number of ether oxygens (including phenoxy) is 1. The number of nitrogens with zero attached hydrogens (tertiary/aromatic N) is 2. The first kappa shape index (κ1) is 20.2. The molecule has 1 heterocycles. The van der Waals surface area contributed by atoms with E-state index in [-0.39, 0.29) is 11.7 Å². The summed E-state index contributed by atoms with van der Waals surface area (Å²) < 4.78 is 29.7. The van der Waals surface area contributed by atoms with Crippen LogP contribution in [0.15, 0.2) is 58.6 Å². The summed E-state index contributed by atoms with van der Waals surface area (Å²) in [5.74, 6) is -1.25. The Kier molecular flexibility index (Phi) is 6.88. The van der Waals surface area contributed by atoms with Crippen LogP contribution in [0.3, 0.4) is 0 Å². The van der Waals surface area contributed by atoms with Gasteiger partial charge in [0.25, 0.3) is 5.76 Å². The van der Waals surface area contributed by atoms with Crippen LogP contribution in [0, 0.1) is 0 Å². The number of anilines is 1. The average Bonchev–Trinajstić information content (AvgIpc) is 3.17. The molecule has 1 amide bonds. The van der Waals surface area contributed by atoms with E-state index < -0.39 is 5.76 Å². The summed E-state index contributed by atoms with van der Waals surface area (Å²) >= 11 is 1.65. The summed E-state index contributed by atoms with van der Waals surface area (Å²) in [5, 5.41) is 10.1. The van der Waals surface area contributed by atoms with E-state index >= 15 is 0 Å². The lowest BCUT2D eigenvalue weighted by atomic mass is 10.2. The van der Waals surface area contributed by atoms with Crippen molar-refractivity contribution in [2.24, 2.45) is 0 Å². The molecule has 10 heteroatoms. The number of halogens is 2. The maximum atomic E-state index is 12.3. The lowest BCUT2D eigenvalue weighted by Crippen LogP contribution is -2.14. The first-order valence-electron chi connectivity index (χ1n) is 8.08. The molecule has 0 saturated heterocycles. The quantitative estimate of drug-likeness (QED) is 0.520. The highest BCUT2D eigenvalue weighted by molar-refractivity contribution is 8.00. The lowest BCUT2D eigenvalue weighted by molar-refractivity contribution is -0.113. The van der Waals surface area contributed by atoms with Crippen LogP contribution >= 0.6 is 23.5 Å². The van der Waals surface area contributed by atoms with E-state index in [1.807, 2.05) is 24.3 Å². The summed E-state index contributed by atoms with van der Waals surface area (Å²) in [6, 6.07) is 13.6. The molecule has 0 spiro atoms. The van der Waals surface area contributed by atoms with E-state index in [1.54, 1.807) is 19.2 Å². The molecule has 2 aromatic carbocycles. The second-order valence-electron chi connectivity index (χ2n) is 5.43. The van der Waals surface area contributed by atoms with Gasteiger partial charge in [-0.2, -0.15) is 8.78 Å². The zero-order valence-electron chi connectivity index (χ0n) is 14.7. The van der Waals surface area contributed by atoms with Crippen molar-refractivity contribution in [2.75, 3.05) is 18.2 Å². The Balaban J connectivity index is 1.51. The van der Waals surface area contributed by atoms with Gasteiger partial charge in [-0.1, -0.05) is 23.5 Å². The highest BCUT2D eigenvalue weighted by Crippen LogP contribution is 2.26. The Labute approximate surface area is 168 Å². The van der Waals surface area contributed by atoms with Gasteiger partial charge in [0.2, 0.25) is 11.1 Å². The zero-order valence-corrected chi connectivity index (χ0v) is 16.3. The van der Waals surface area contributed by atoms with Crippen LogP contribution in [-0.2, 0) is 4.79 Å². The van der Waals surface area contributed by atoms with Gasteiger partial charge < -0.3 is 10.1 Å². The third-order valence-corrected chi connectivity index (χ3v) is 5.09. The number of methoxy groups -OCH3 is 1. The number of rotatable bonds is 8. The molecular weight excluding hydrogens is 406 g/mol. The van der Waals surface area contributed by atoms with Crippen molar-refractivity contribution in [1.82, 2.24) is 15.2 Å². The molecule has 28 heavy (non-hydrogen) atoms. The molecule has 0 aliphatic rings. The van der Waals surface area contributed by atoms with Crippen molar-refractivity contribution in [3.8, 4) is 17.1 Å². The standard InChI is InChI=1S/C18H16F2N4O2S2/c1-26-13-6-2-11(3-7-13)16-22-18(24-23-16)27-10-15(25)21-12-4-8-14(9-5-12)28-17(19)20/h2-9,17H,10H2,1H3,(H,21,25)(H,22,23,24). The first-order chi connectivity index (χ1) is 13.5. The minimum atomic E-state index is -2.47. The maximum absolute atomic E-state index is 12.3. The second-order valence-corrected chi connectivity index (χ2v) is 7.44. The van der Waals surface area contributed by atoms with Gasteiger partial charge in [0.05, 0.1) is 12.9 Å². The number of nitrogens with one attached hydrogen (secondary N) is 2. The number of hydrogen-bond donors (Lipinski definition) is 2. The average molecular weight is 422 g/mol. The zero-order chi connectivity index (χ0) is 19.9. The lowest BCUT2D eigenvalue weighted by Gasteiger charge is -2.05. The molecule has 0 saturated carbocycles. The smallest absolute Gasteiger partial charge is 0.288 e. The van der Waals surface area contributed by atoms with Gasteiger partial charge in [0.1, 0.15) is 5.75 Å². The predicted octanol–water partition coefficient (Wildman–Crippen LogP) is 4.53. The molecular formula is C18H16F2N4O2S2. The summed E-state index contributed by atoms with van der Waals surface area (Å²) in [6.45, 7) is 0. The van der Waals surface area contributed by atoms with Gasteiger partial charge >= 0.3 is 0 Å². The fraction of sp³-hybridized carbons (Fsp3) is 0.167. The summed E-state index contributed by atoms with van der Waals surface area (Å²) in [6.07, 6.45) is 0. The van der Waals surface area contributed by atoms with Crippen molar-refractivity contribution in [1.29, 1.82) is 0 Å². The van der Waals surface area contributed by atoms with Gasteiger partial charge in [0.15, 0.2) is 5.82 Å². The number of carbonyl (C=O) groups is 1. The highest BCUT2D eigenvalue weighted by atomic mass is 32.2. The van der Waals surface area contributed by atoms with E-state index in [1.165, 1.54) is 23.9 Å². The number of benzene rings is 2. The monoisotopic (exact) mass is 422 g/mol. The molecule has 0 bridgehead atoms. The summed E-state index contributed by atoms with van der Waals surface area (Å²) in [4.78, 5) is 16.9. The number of carbonyl (C=O) groups excluding carboxylic acids is 1. The molecule has 0 radical (unpaired) electrons. The molecule has 0 aliphatic carbocycles. The fourth-order valence-corrected chi connectivity index (χ4v) is 3.33. The van der Waals surface area contributed by atoms with Crippen molar-refractivity contribution >= 4 is 35.1 Å². The molecule has 0 fully saturated rings. The van der Waals surface area contributed by atoms with Gasteiger partial charge in [-0.15, -0.1) is 5.10 Å². The molecule has 3 aromatic rings. The van der Waals surface area contributed by atoms with Crippen molar-refractivity contribution in [3.05, 3.63) is 48.5 Å². The van der Waals surface area contributed by atoms with E-state index in [0.717, 1.165) is 11.3 Å². The van der Waals surface area contributed by atoms with E-state index in [9.17, 15) is 13.6 Å². The molecule has 0 unspecified atom stereocenters. The minimum absolute atomic E-state index is 0.118. The first-order valence-corrected chi connectivity index (χ1v) is 9.94. The summed E-state index contributed by atoms with van der Waals surface area (Å²) in [7, 11) is 1.60. The SMILES string of the molecule is COc1ccc(-c2nc(SCC(=O)Nc3ccc(SC(F)F)cc3)n[nH]2)cc1. The number of hydrogen-bond acceptors (Lipinski definition) is 6. The van der Waals surface area contributed by atoms with Gasteiger partial charge in [-0.3, -0.25) is 9.89 Å².